The first kappa shape index (κ1) is 12.4. The molecule has 3 fully saturated rings. The number of fused-ring (bicyclic) bond motifs is 1. The molecule has 0 spiro atoms. The highest BCUT2D eigenvalue weighted by molar-refractivity contribution is 5.79. The first-order valence-corrected chi connectivity index (χ1v) is 7.60. The van der Waals surface area contributed by atoms with Gasteiger partial charge in [-0.1, -0.05) is 0 Å². The standard InChI is InChI=1S/C14H25N3O/c18-14(17-8-2-1-3-9-17)11-4-5-12-13(10-11)16-7-6-15-12/h11-13,15-16H,1-10H2. The normalized spacial score (nSPS) is 37.1. The molecule has 2 aliphatic heterocycles. The number of likely N-dealkylation sites (tertiary alicyclic amines) is 1. The summed E-state index contributed by atoms with van der Waals surface area (Å²) in [6.45, 7) is 4.11. The van der Waals surface area contributed by atoms with Crippen LogP contribution in [0.4, 0.5) is 0 Å². The number of nitrogens with zero attached hydrogens (tertiary/aromatic N) is 1. The van der Waals surface area contributed by atoms with Gasteiger partial charge in [-0.25, -0.2) is 0 Å². The lowest BCUT2D eigenvalue weighted by atomic mass is 9.80. The van der Waals surface area contributed by atoms with Crippen molar-refractivity contribution in [2.24, 2.45) is 5.92 Å². The fraction of sp³-hybridized carbons (Fsp3) is 0.929. The summed E-state index contributed by atoms with van der Waals surface area (Å²) in [5.41, 5.74) is 0. The van der Waals surface area contributed by atoms with Crippen molar-refractivity contribution in [3.8, 4) is 0 Å². The summed E-state index contributed by atoms with van der Waals surface area (Å²) in [4.78, 5) is 14.6. The molecule has 18 heavy (non-hydrogen) atoms. The number of hydrogen-bond donors (Lipinski definition) is 2. The van der Waals surface area contributed by atoms with Gasteiger partial charge in [-0.3, -0.25) is 4.79 Å². The highest BCUT2D eigenvalue weighted by Gasteiger charge is 2.36. The second-order valence-electron chi connectivity index (χ2n) is 6.02. The summed E-state index contributed by atoms with van der Waals surface area (Å²) >= 11 is 0. The van der Waals surface area contributed by atoms with E-state index in [0.717, 1.165) is 45.4 Å². The number of amides is 1. The molecule has 0 radical (unpaired) electrons. The van der Waals surface area contributed by atoms with Crippen molar-refractivity contribution < 1.29 is 4.79 Å². The molecular weight excluding hydrogens is 226 g/mol. The van der Waals surface area contributed by atoms with Gasteiger partial charge in [0.2, 0.25) is 5.91 Å². The third kappa shape index (κ3) is 2.54. The van der Waals surface area contributed by atoms with E-state index in [0.29, 0.717) is 18.0 Å². The van der Waals surface area contributed by atoms with Crippen LogP contribution >= 0.6 is 0 Å². The van der Waals surface area contributed by atoms with Gasteiger partial charge in [-0.2, -0.15) is 0 Å². The van der Waals surface area contributed by atoms with Crippen LogP contribution in [0.25, 0.3) is 0 Å². The molecule has 2 N–H and O–H groups in total. The predicted octanol–water partition coefficient (Wildman–Crippen LogP) is 0.729. The lowest BCUT2D eigenvalue weighted by Crippen LogP contribution is -2.59. The number of nitrogens with one attached hydrogen (secondary N) is 2. The van der Waals surface area contributed by atoms with E-state index >= 15 is 0 Å². The van der Waals surface area contributed by atoms with E-state index in [4.69, 9.17) is 0 Å². The Morgan fingerprint density at radius 1 is 0.944 bits per heavy atom. The van der Waals surface area contributed by atoms with Gasteiger partial charge in [0.15, 0.2) is 0 Å². The van der Waals surface area contributed by atoms with Crippen LogP contribution < -0.4 is 10.6 Å². The average Bonchev–Trinajstić information content (AvgIpc) is 2.47. The van der Waals surface area contributed by atoms with Crippen molar-refractivity contribution in [2.75, 3.05) is 26.2 Å². The van der Waals surface area contributed by atoms with Crippen LogP contribution in [0.5, 0.6) is 0 Å². The van der Waals surface area contributed by atoms with Crippen LogP contribution in [0, 0.1) is 5.92 Å². The Morgan fingerprint density at radius 2 is 1.67 bits per heavy atom. The van der Waals surface area contributed by atoms with E-state index in [1.54, 1.807) is 0 Å². The van der Waals surface area contributed by atoms with Crippen LogP contribution in [0.15, 0.2) is 0 Å². The Morgan fingerprint density at radius 3 is 2.44 bits per heavy atom. The Hall–Kier alpha value is -0.610. The molecular formula is C14H25N3O. The fourth-order valence-electron chi connectivity index (χ4n) is 3.75. The van der Waals surface area contributed by atoms with Crippen LogP contribution in [0.3, 0.4) is 0 Å². The second-order valence-corrected chi connectivity index (χ2v) is 6.02. The van der Waals surface area contributed by atoms with Gasteiger partial charge in [0, 0.05) is 44.2 Å². The molecule has 4 heteroatoms. The molecule has 0 aromatic rings. The number of carbonyl (C=O) groups excluding carboxylic acids is 1. The largest absolute Gasteiger partial charge is 0.342 e. The highest BCUT2D eigenvalue weighted by Crippen LogP contribution is 2.28. The van der Waals surface area contributed by atoms with Crippen molar-refractivity contribution >= 4 is 5.91 Å². The minimum Gasteiger partial charge on any atom is -0.342 e. The highest BCUT2D eigenvalue weighted by atomic mass is 16.2. The zero-order valence-corrected chi connectivity index (χ0v) is 11.2. The number of carbonyl (C=O) groups is 1. The Kier molecular flexibility index (Phi) is 3.85. The molecule has 102 valence electrons. The Labute approximate surface area is 109 Å². The maximum absolute atomic E-state index is 12.5. The minimum atomic E-state index is 0.275. The van der Waals surface area contributed by atoms with E-state index in [2.05, 4.69) is 15.5 Å². The van der Waals surface area contributed by atoms with Crippen molar-refractivity contribution in [3.63, 3.8) is 0 Å². The molecule has 0 bridgehead atoms. The molecule has 3 aliphatic rings. The van der Waals surface area contributed by atoms with E-state index in [9.17, 15) is 4.79 Å². The first-order valence-electron chi connectivity index (χ1n) is 7.60. The monoisotopic (exact) mass is 251 g/mol. The second kappa shape index (κ2) is 5.57. The van der Waals surface area contributed by atoms with Crippen LogP contribution in [0.2, 0.25) is 0 Å². The molecule has 1 amide bonds. The third-order valence-corrected chi connectivity index (χ3v) is 4.81. The van der Waals surface area contributed by atoms with Gasteiger partial charge in [0.1, 0.15) is 0 Å². The summed E-state index contributed by atoms with van der Waals surface area (Å²) in [5, 5.41) is 7.15. The summed E-state index contributed by atoms with van der Waals surface area (Å²) in [5.74, 6) is 0.706. The molecule has 0 aromatic heterocycles. The van der Waals surface area contributed by atoms with Gasteiger partial charge in [0.05, 0.1) is 0 Å². The minimum absolute atomic E-state index is 0.275. The summed E-state index contributed by atoms with van der Waals surface area (Å²) in [6, 6.07) is 1.12. The van der Waals surface area contributed by atoms with Gasteiger partial charge in [0.25, 0.3) is 0 Å². The molecule has 1 saturated carbocycles. The fourth-order valence-corrected chi connectivity index (χ4v) is 3.75. The third-order valence-electron chi connectivity index (χ3n) is 4.81. The zero-order valence-electron chi connectivity index (χ0n) is 11.2. The number of rotatable bonds is 1. The Balaban J connectivity index is 1.57. The molecule has 4 nitrogen and oxygen atoms in total. The van der Waals surface area contributed by atoms with Crippen molar-refractivity contribution in [2.45, 2.75) is 50.6 Å². The number of hydrogen-bond acceptors (Lipinski definition) is 3. The van der Waals surface area contributed by atoms with Gasteiger partial charge < -0.3 is 15.5 Å². The topological polar surface area (TPSA) is 44.4 Å². The molecule has 3 atom stereocenters. The predicted molar refractivity (Wildman–Crippen MR) is 71.4 cm³/mol. The average molecular weight is 251 g/mol. The van der Waals surface area contributed by atoms with E-state index < -0.39 is 0 Å². The molecule has 1 aliphatic carbocycles. The van der Waals surface area contributed by atoms with Crippen LogP contribution in [0.1, 0.15) is 38.5 Å². The maximum atomic E-state index is 12.5. The molecule has 2 saturated heterocycles. The SMILES string of the molecule is O=C(C1CCC2NCCNC2C1)N1CCCCC1. The summed E-state index contributed by atoms with van der Waals surface area (Å²) in [7, 11) is 0. The quantitative estimate of drug-likeness (QED) is 0.722. The van der Waals surface area contributed by atoms with Gasteiger partial charge in [-0.15, -0.1) is 0 Å². The van der Waals surface area contributed by atoms with Crippen molar-refractivity contribution in [1.82, 2.24) is 15.5 Å². The van der Waals surface area contributed by atoms with Crippen molar-refractivity contribution in [3.05, 3.63) is 0 Å². The zero-order chi connectivity index (χ0) is 12.4. The van der Waals surface area contributed by atoms with E-state index in [1.807, 2.05) is 0 Å². The van der Waals surface area contributed by atoms with Crippen LogP contribution in [-0.2, 0) is 4.79 Å². The van der Waals surface area contributed by atoms with Crippen LogP contribution in [-0.4, -0.2) is 49.1 Å². The van der Waals surface area contributed by atoms with Gasteiger partial charge in [-0.05, 0) is 38.5 Å². The summed E-state index contributed by atoms with van der Waals surface area (Å²) in [6.07, 6.45) is 6.96. The Bertz CT molecular complexity index is 301. The number of piperidine rings is 1. The molecule has 0 aromatic carbocycles. The van der Waals surface area contributed by atoms with E-state index in [-0.39, 0.29) is 5.92 Å². The molecule has 3 rings (SSSR count). The molecule has 2 heterocycles. The first-order chi connectivity index (χ1) is 8.84. The molecule has 3 unspecified atom stereocenters. The lowest BCUT2D eigenvalue weighted by Gasteiger charge is -2.41. The maximum Gasteiger partial charge on any atom is 0.225 e. The van der Waals surface area contributed by atoms with E-state index in [1.165, 1.54) is 19.3 Å². The van der Waals surface area contributed by atoms with Crippen molar-refractivity contribution in [1.29, 1.82) is 0 Å². The number of piperazine rings is 1. The smallest absolute Gasteiger partial charge is 0.225 e. The summed E-state index contributed by atoms with van der Waals surface area (Å²) < 4.78 is 0. The van der Waals surface area contributed by atoms with Gasteiger partial charge >= 0.3 is 0 Å². The lowest BCUT2D eigenvalue weighted by molar-refractivity contribution is -0.138.